The van der Waals surface area contributed by atoms with Crippen LogP contribution in [0.1, 0.15) is 12.8 Å². The Kier molecular flexibility index (Phi) is 3.89. The highest BCUT2D eigenvalue weighted by molar-refractivity contribution is 7.88. The molecule has 0 heterocycles. The summed E-state index contributed by atoms with van der Waals surface area (Å²) < 4.78 is 40.0. The lowest BCUT2D eigenvalue weighted by Crippen LogP contribution is -2.21. The Labute approximate surface area is 114 Å². The van der Waals surface area contributed by atoms with E-state index in [0.717, 1.165) is 0 Å². The quantitative estimate of drug-likeness (QED) is 0.636. The van der Waals surface area contributed by atoms with Gasteiger partial charge in [0.2, 0.25) is 0 Å². The Hall–Kier alpha value is -1.77. The highest BCUT2D eigenvalue weighted by Gasteiger charge is 2.40. The van der Waals surface area contributed by atoms with Crippen LogP contribution in [-0.4, -0.2) is 22.3 Å². The molecule has 1 unspecified atom stereocenters. The van der Waals surface area contributed by atoms with Crippen molar-refractivity contribution in [2.24, 2.45) is 4.36 Å². The van der Waals surface area contributed by atoms with Gasteiger partial charge < -0.3 is 0 Å². The molecule has 0 spiro atoms. The van der Waals surface area contributed by atoms with E-state index in [2.05, 4.69) is 4.36 Å². The molecule has 0 bridgehead atoms. The number of amides is 1. The first-order chi connectivity index (χ1) is 9.29. The second-order valence-electron chi connectivity index (χ2n) is 4.16. The molecule has 1 saturated carbocycles. The van der Waals surface area contributed by atoms with Crippen LogP contribution in [0.5, 0.6) is 0 Å². The molecule has 0 aromatic heterocycles. The summed E-state index contributed by atoms with van der Waals surface area (Å²) in [4.78, 5) is 21.3. The number of rotatable bonds is 3. The van der Waals surface area contributed by atoms with E-state index in [1.165, 1.54) is 24.3 Å². The van der Waals surface area contributed by atoms with Crippen molar-refractivity contribution < 1.29 is 22.9 Å². The first-order valence-electron chi connectivity index (χ1n) is 5.59. The number of non-ortho nitro benzene ring substituents is 1. The average Bonchev–Trinajstić information content (AvgIpc) is 3.18. The van der Waals surface area contributed by atoms with Gasteiger partial charge >= 0.3 is 12.1 Å². The van der Waals surface area contributed by atoms with Gasteiger partial charge in [0.05, 0.1) is 4.92 Å². The third-order valence-electron chi connectivity index (χ3n) is 2.55. The monoisotopic (exact) mass is 306 g/mol. The van der Waals surface area contributed by atoms with Gasteiger partial charge in [-0.1, -0.05) is 10.7 Å². The van der Waals surface area contributed by atoms with Crippen molar-refractivity contribution in [1.82, 2.24) is 0 Å². The summed E-state index contributed by atoms with van der Waals surface area (Å²) in [6.45, 7) is 0. The summed E-state index contributed by atoms with van der Waals surface area (Å²) in [5.41, 5.74) is -0.157. The van der Waals surface area contributed by atoms with Crippen LogP contribution in [0, 0.1) is 10.1 Å². The molecule has 1 aliphatic carbocycles. The fourth-order valence-electron chi connectivity index (χ4n) is 1.46. The lowest BCUT2D eigenvalue weighted by Gasteiger charge is -2.07. The van der Waals surface area contributed by atoms with E-state index >= 15 is 0 Å². The average molecular weight is 306 g/mol. The summed E-state index contributed by atoms with van der Waals surface area (Å²) in [6.07, 6.45) is -3.58. The van der Waals surface area contributed by atoms with Crippen LogP contribution in [0.2, 0.25) is 0 Å². The van der Waals surface area contributed by atoms with E-state index in [4.69, 9.17) is 0 Å². The molecule has 2 rings (SSSR count). The number of nitro benzene ring substituents is 1. The Bertz CT molecular complexity index is 580. The van der Waals surface area contributed by atoms with Crippen LogP contribution in [0.25, 0.3) is 0 Å². The maximum absolute atomic E-state index is 12.3. The lowest BCUT2D eigenvalue weighted by atomic mass is 10.3. The summed E-state index contributed by atoms with van der Waals surface area (Å²) >= 11 is 0. The minimum Gasteiger partial charge on any atom is -0.261 e. The van der Waals surface area contributed by atoms with Crippen LogP contribution in [-0.2, 0) is 15.5 Å². The summed E-state index contributed by atoms with van der Waals surface area (Å²) in [7, 11) is -1.19. The zero-order valence-corrected chi connectivity index (χ0v) is 10.8. The molecular weight excluding hydrogens is 297 g/mol. The van der Waals surface area contributed by atoms with Crippen molar-refractivity contribution in [3.8, 4) is 0 Å². The van der Waals surface area contributed by atoms with E-state index < -0.39 is 27.7 Å². The smallest absolute Gasteiger partial charge is 0.261 e. The number of nitro groups is 1. The number of hydrogen-bond donors (Lipinski definition) is 0. The topological polar surface area (TPSA) is 72.6 Å². The SMILES string of the molecule is O=C(N=S(c1ccc([N+](=O)[O-])cc1)C1CC1)C(F)(F)F. The van der Waals surface area contributed by atoms with Gasteiger partial charge in [-0.25, -0.2) is 0 Å². The Morgan fingerprint density at radius 1 is 1.30 bits per heavy atom. The number of hydrogen-bond acceptors (Lipinski definition) is 3. The van der Waals surface area contributed by atoms with Crippen LogP contribution in [0.4, 0.5) is 18.9 Å². The van der Waals surface area contributed by atoms with Gasteiger partial charge in [-0.3, -0.25) is 14.9 Å². The molecule has 0 radical (unpaired) electrons. The highest BCUT2D eigenvalue weighted by Crippen LogP contribution is 2.33. The van der Waals surface area contributed by atoms with Crippen molar-refractivity contribution in [2.75, 3.05) is 0 Å². The molecule has 1 amide bonds. The van der Waals surface area contributed by atoms with Crippen molar-refractivity contribution >= 4 is 22.3 Å². The van der Waals surface area contributed by atoms with Crippen molar-refractivity contribution in [2.45, 2.75) is 29.2 Å². The molecule has 0 aliphatic heterocycles. The molecular formula is C11H9F3N2O3S. The largest absolute Gasteiger partial charge is 0.474 e. The molecule has 108 valence electrons. The van der Waals surface area contributed by atoms with Crippen LogP contribution in [0.15, 0.2) is 33.5 Å². The fourth-order valence-corrected chi connectivity index (χ4v) is 3.38. The van der Waals surface area contributed by atoms with Gasteiger partial charge in [0.1, 0.15) is 0 Å². The van der Waals surface area contributed by atoms with Crippen molar-refractivity contribution in [3.63, 3.8) is 0 Å². The molecule has 1 aliphatic rings. The van der Waals surface area contributed by atoms with Gasteiger partial charge in [0.25, 0.3) is 5.69 Å². The molecule has 1 aromatic rings. The van der Waals surface area contributed by atoms with Crippen molar-refractivity contribution in [3.05, 3.63) is 34.4 Å². The summed E-state index contributed by atoms with van der Waals surface area (Å²) in [5.74, 6) is -2.11. The van der Waals surface area contributed by atoms with Crippen LogP contribution < -0.4 is 0 Å². The molecule has 0 saturated heterocycles. The second kappa shape index (κ2) is 5.31. The zero-order chi connectivity index (χ0) is 14.9. The maximum atomic E-state index is 12.3. The number of carbonyl (C=O) groups excluding carboxylic acids is 1. The number of benzene rings is 1. The van der Waals surface area contributed by atoms with E-state index in [1.807, 2.05) is 0 Å². The van der Waals surface area contributed by atoms with Gasteiger partial charge in [0.15, 0.2) is 0 Å². The maximum Gasteiger partial charge on any atom is 0.474 e. The Balaban J connectivity index is 2.32. The molecule has 1 aromatic carbocycles. The molecule has 9 heteroatoms. The van der Waals surface area contributed by atoms with E-state index in [9.17, 15) is 28.1 Å². The standard InChI is InChI=1S/C11H9F3N2O3S/c12-11(13,14)10(17)15-20(9-5-6-9)8-3-1-7(2-4-8)16(18)19/h1-4,9H,5-6H2. The van der Waals surface area contributed by atoms with E-state index in [-0.39, 0.29) is 10.9 Å². The van der Waals surface area contributed by atoms with Gasteiger partial charge in [-0.15, -0.1) is 0 Å². The van der Waals surface area contributed by atoms with E-state index in [0.29, 0.717) is 17.7 Å². The highest BCUT2D eigenvalue weighted by atomic mass is 32.2. The molecule has 1 fully saturated rings. The van der Waals surface area contributed by atoms with Crippen LogP contribution >= 0.6 is 0 Å². The third-order valence-corrected chi connectivity index (χ3v) is 4.77. The summed E-state index contributed by atoms with van der Waals surface area (Å²) in [5, 5.41) is 10.4. The third kappa shape index (κ3) is 3.41. The summed E-state index contributed by atoms with van der Waals surface area (Å²) in [6, 6.07) is 5.11. The molecule has 1 atom stereocenters. The minimum absolute atomic E-state index is 0.0808. The van der Waals surface area contributed by atoms with Crippen molar-refractivity contribution in [1.29, 1.82) is 0 Å². The number of halogens is 3. The zero-order valence-electron chi connectivity index (χ0n) is 9.96. The second-order valence-corrected chi connectivity index (χ2v) is 6.11. The number of carbonyl (C=O) groups is 1. The predicted octanol–water partition coefficient (Wildman–Crippen LogP) is 3.01. The lowest BCUT2D eigenvalue weighted by molar-refractivity contribution is -0.384. The van der Waals surface area contributed by atoms with Gasteiger partial charge in [-0.2, -0.15) is 17.5 Å². The number of alkyl halides is 3. The van der Waals surface area contributed by atoms with Gasteiger partial charge in [-0.05, 0) is 25.0 Å². The predicted molar refractivity (Wildman–Crippen MR) is 65.2 cm³/mol. The van der Waals surface area contributed by atoms with E-state index in [1.54, 1.807) is 0 Å². The Morgan fingerprint density at radius 3 is 2.25 bits per heavy atom. The first kappa shape index (κ1) is 14.6. The number of nitrogens with zero attached hydrogens (tertiary/aromatic N) is 2. The first-order valence-corrected chi connectivity index (χ1v) is 6.84. The molecule has 0 N–H and O–H groups in total. The molecule has 20 heavy (non-hydrogen) atoms. The van der Waals surface area contributed by atoms with Crippen LogP contribution in [0.3, 0.4) is 0 Å². The van der Waals surface area contributed by atoms with Gasteiger partial charge in [0, 0.05) is 22.3 Å². The normalized spacial score (nSPS) is 16.9. The fraction of sp³-hybridized carbons (Fsp3) is 0.364. The molecule has 5 nitrogen and oxygen atoms in total. The Morgan fingerprint density at radius 2 is 1.85 bits per heavy atom. The minimum atomic E-state index is -4.99.